The Morgan fingerprint density at radius 3 is 2.00 bits per heavy atom. The van der Waals surface area contributed by atoms with Crippen LogP contribution in [0.4, 0.5) is 0 Å². The third-order valence-electron chi connectivity index (χ3n) is 4.24. The van der Waals surface area contributed by atoms with Gasteiger partial charge in [-0.05, 0) is 43.4 Å². The highest BCUT2D eigenvalue weighted by Gasteiger charge is 2.12. The Kier molecular flexibility index (Phi) is 5.28. The van der Waals surface area contributed by atoms with Crippen molar-refractivity contribution in [1.29, 1.82) is 0 Å². The van der Waals surface area contributed by atoms with Gasteiger partial charge >= 0.3 is 0 Å². The van der Waals surface area contributed by atoms with Gasteiger partial charge in [0.1, 0.15) is 11.5 Å². The van der Waals surface area contributed by atoms with Gasteiger partial charge in [0.2, 0.25) is 0 Å². The number of aromatic nitrogens is 1. The molecule has 3 aromatic rings. The molecule has 5 nitrogen and oxygen atoms in total. The maximum Gasteiger partial charge on any atom is 0.166 e. The minimum absolute atomic E-state index is 0.679. The van der Waals surface area contributed by atoms with Gasteiger partial charge in [-0.25, -0.2) is 0 Å². The van der Waals surface area contributed by atoms with E-state index in [1.807, 2.05) is 19.1 Å². The van der Waals surface area contributed by atoms with Crippen LogP contribution in [0.3, 0.4) is 0 Å². The van der Waals surface area contributed by atoms with Gasteiger partial charge in [-0.3, -0.25) is 0 Å². The summed E-state index contributed by atoms with van der Waals surface area (Å²) in [6.45, 7) is 4.36. The van der Waals surface area contributed by atoms with Crippen LogP contribution in [-0.4, -0.2) is 37.0 Å². The summed E-state index contributed by atoms with van der Waals surface area (Å²) in [6.07, 6.45) is 0. The summed E-state index contributed by atoms with van der Waals surface area (Å²) in [5, 5.41) is 9.44. The molecule has 0 radical (unpaired) electrons. The Labute approximate surface area is 152 Å². The number of nitrogens with one attached hydrogen (secondary N) is 2. The second-order valence-electron chi connectivity index (χ2n) is 5.70. The van der Waals surface area contributed by atoms with Crippen molar-refractivity contribution in [3.05, 3.63) is 36.4 Å². The molecule has 0 aliphatic rings. The fourth-order valence-electron chi connectivity index (χ4n) is 3.05. The van der Waals surface area contributed by atoms with Crippen molar-refractivity contribution < 1.29 is 9.47 Å². The molecule has 0 atom stereocenters. The highest BCUT2D eigenvalue weighted by molar-refractivity contribution is 7.80. The molecule has 0 unspecified atom stereocenters. The Hall–Kier alpha value is -2.47. The molecular formula is C19H23N3O2S. The third kappa shape index (κ3) is 3.49. The molecule has 0 saturated heterocycles. The third-order valence-corrected chi connectivity index (χ3v) is 4.53. The second-order valence-corrected chi connectivity index (χ2v) is 6.11. The zero-order valence-electron chi connectivity index (χ0n) is 14.8. The van der Waals surface area contributed by atoms with E-state index >= 15 is 0 Å². The molecule has 0 spiro atoms. The van der Waals surface area contributed by atoms with Crippen LogP contribution in [0.25, 0.3) is 21.8 Å². The number of methoxy groups -OCH3 is 2. The quantitative estimate of drug-likeness (QED) is 0.663. The Balaban J connectivity index is 2.03. The molecule has 3 rings (SSSR count). The van der Waals surface area contributed by atoms with Crippen LogP contribution in [0.2, 0.25) is 0 Å². The normalized spacial score (nSPS) is 10.8. The van der Waals surface area contributed by atoms with Crippen LogP contribution in [0.1, 0.15) is 6.92 Å². The largest absolute Gasteiger partial charge is 0.497 e. The second kappa shape index (κ2) is 7.61. The molecule has 132 valence electrons. The van der Waals surface area contributed by atoms with E-state index in [1.165, 1.54) is 10.8 Å². The lowest BCUT2D eigenvalue weighted by Crippen LogP contribution is -2.36. The number of thiocarbonyl (C=S) groups is 1. The van der Waals surface area contributed by atoms with E-state index in [-0.39, 0.29) is 0 Å². The van der Waals surface area contributed by atoms with Crippen LogP contribution < -0.4 is 20.1 Å². The van der Waals surface area contributed by atoms with Crippen LogP contribution in [0.15, 0.2) is 36.4 Å². The topological polar surface area (TPSA) is 47.5 Å². The summed E-state index contributed by atoms with van der Waals surface area (Å²) < 4.78 is 13.1. The predicted molar refractivity (Wildman–Crippen MR) is 107 cm³/mol. The minimum atomic E-state index is 0.679. The Morgan fingerprint density at radius 1 is 0.960 bits per heavy atom. The molecule has 2 aromatic carbocycles. The van der Waals surface area contributed by atoms with E-state index < -0.39 is 0 Å². The fourth-order valence-corrected chi connectivity index (χ4v) is 3.30. The summed E-state index contributed by atoms with van der Waals surface area (Å²) in [5.41, 5.74) is 2.28. The molecular weight excluding hydrogens is 334 g/mol. The number of benzene rings is 2. The van der Waals surface area contributed by atoms with Crippen LogP contribution >= 0.6 is 12.2 Å². The zero-order chi connectivity index (χ0) is 17.8. The van der Waals surface area contributed by atoms with Gasteiger partial charge in [-0.1, -0.05) is 0 Å². The van der Waals surface area contributed by atoms with E-state index in [1.54, 1.807) is 14.2 Å². The predicted octanol–water partition coefficient (Wildman–Crippen LogP) is 3.30. The minimum Gasteiger partial charge on any atom is -0.497 e. The first kappa shape index (κ1) is 17.4. The van der Waals surface area contributed by atoms with E-state index in [4.69, 9.17) is 21.7 Å². The number of nitrogens with zero attached hydrogens (tertiary/aromatic N) is 1. The van der Waals surface area contributed by atoms with Crippen LogP contribution in [0.5, 0.6) is 11.5 Å². The van der Waals surface area contributed by atoms with Gasteiger partial charge in [-0.2, -0.15) is 0 Å². The number of rotatable bonds is 6. The average molecular weight is 357 g/mol. The molecule has 0 fully saturated rings. The number of hydrogen-bond acceptors (Lipinski definition) is 3. The van der Waals surface area contributed by atoms with Crippen molar-refractivity contribution >= 4 is 39.1 Å². The van der Waals surface area contributed by atoms with Crippen molar-refractivity contribution in [3.8, 4) is 11.5 Å². The molecule has 0 aliphatic heterocycles. The fraction of sp³-hybridized carbons (Fsp3) is 0.316. The first-order valence-electron chi connectivity index (χ1n) is 8.33. The molecule has 2 N–H and O–H groups in total. The van der Waals surface area contributed by atoms with E-state index in [2.05, 4.69) is 39.5 Å². The highest BCUT2D eigenvalue weighted by atomic mass is 32.1. The first-order chi connectivity index (χ1) is 12.2. The first-order valence-corrected chi connectivity index (χ1v) is 8.74. The maximum atomic E-state index is 5.41. The molecule has 0 amide bonds. The molecule has 0 bridgehead atoms. The summed E-state index contributed by atoms with van der Waals surface area (Å²) in [5.74, 6) is 1.69. The van der Waals surface area contributed by atoms with Crippen molar-refractivity contribution in [2.24, 2.45) is 0 Å². The Bertz CT molecular complexity index is 843. The van der Waals surface area contributed by atoms with E-state index in [9.17, 15) is 0 Å². The van der Waals surface area contributed by atoms with Gasteiger partial charge in [0.25, 0.3) is 0 Å². The molecule has 0 saturated carbocycles. The van der Waals surface area contributed by atoms with Gasteiger partial charge in [0.05, 0.1) is 25.3 Å². The summed E-state index contributed by atoms with van der Waals surface area (Å²) in [4.78, 5) is 0. The Morgan fingerprint density at radius 2 is 1.52 bits per heavy atom. The van der Waals surface area contributed by atoms with Gasteiger partial charge in [0.15, 0.2) is 5.11 Å². The van der Waals surface area contributed by atoms with Gasteiger partial charge < -0.3 is 24.7 Å². The summed E-state index contributed by atoms with van der Waals surface area (Å²) >= 11 is 5.25. The van der Waals surface area contributed by atoms with Gasteiger partial charge in [0, 0.05) is 42.5 Å². The van der Waals surface area contributed by atoms with E-state index in [0.29, 0.717) is 5.11 Å². The van der Waals surface area contributed by atoms with Crippen LogP contribution in [-0.2, 0) is 6.54 Å². The van der Waals surface area contributed by atoms with Gasteiger partial charge in [-0.15, -0.1) is 0 Å². The smallest absolute Gasteiger partial charge is 0.166 e. The lowest BCUT2D eigenvalue weighted by molar-refractivity contribution is 0.415. The SMILES string of the molecule is CCNC(=S)NCCn1c2cc(OC)ccc2c2ccc(OC)cc21. The van der Waals surface area contributed by atoms with Crippen molar-refractivity contribution in [1.82, 2.24) is 15.2 Å². The zero-order valence-corrected chi connectivity index (χ0v) is 15.6. The van der Waals surface area contributed by atoms with Crippen molar-refractivity contribution in [2.45, 2.75) is 13.5 Å². The molecule has 1 aromatic heterocycles. The molecule has 6 heteroatoms. The molecule has 0 aliphatic carbocycles. The summed E-state index contributed by atoms with van der Waals surface area (Å²) in [7, 11) is 3.38. The van der Waals surface area contributed by atoms with Crippen LogP contribution in [0, 0.1) is 0 Å². The van der Waals surface area contributed by atoms with Crippen molar-refractivity contribution in [2.75, 3.05) is 27.3 Å². The lowest BCUT2D eigenvalue weighted by Gasteiger charge is -2.12. The number of ether oxygens (including phenoxy) is 2. The maximum absolute atomic E-state index is 5.41. The highest BCUT2D eigenvalue weighted by Crippen LogP contribution is 2.33. The van der Waals surface area contributed by atoms with Crippen molar-refractivity contribution in [3.63, 3.8) is 0 Å². The monoisotopic (exact) mass is 357 g/mol. The number of hydrogen-bond donors (Lipinski definition) is 2. The average Bonchev–Trinajstić information content (AvgIpc) is 2.94. The molecule has 25 heavy (non-hydrogen) atoms. The standard InChI is InChI=1S/C19H23N3O2S/c1-4-20-19(25)21-9-10-22-17-11-13(23-2)5-7-15(17)16-8-6-14(24-3)12-18(16)22/h5-8,11-12H,4,9-10H2,1-3H3,(H2,20,21,25). The summed E-state index contributed by atoms with van der Waals surface area (Å²) in [6, 6.07) is 12.4. The molecule has 1 heterocycles. The van der Waals surface area contributed by atoms with E-state index in [0.717, 1.165) is 42.2 Å². The lowest BCUT2D eigenvalue weighted by atomic mass is 10.1. The number of fused-ring (bicyclic) bond motifs is 3.